The molecular weight excluding hydrogens is 276 g/mol. The van der Waals surface area contributed by atoms with Crippen molar-refractivity contribution in [2.75, 3.05) is 25.4 Å². The third-order valence-corrected chi connectivity index (χ3v) is 3.06. The molecule has 2 atom stereocenters. The van der Waals surface area contributed by atoms with Gasteiger partial charge in [-0.1, -0.05) is 0 Å². The van der Waals surface area contributed by atoms with Gasteiger partial charge < -0.3 is 14.4 Å². The Morgan fingerprint density at radius 3 is 2.76 bits per heavy atom. The summed E-state index contributed by atoms with van der Waals surface area (Å²) in [4.78, 5) is 31.9. The molecule has 0 radical (unpaired) electrons. The summed E-state index contributed by atoms with van der Waals surface area (Å²) in [5.74, 6) is -0.889. The van der Waals surface area contributed by atoms with E-state index >= 15 is 0 Å². The van der Waals surface area contributed by atoms with Gasteiger partial charge in [-0.25, -0.2) is 14.8 Å². The summed E-state index contributed by atoms with van der Waals surface area (Å²) < 4.78 is 10.5. The fourth-order valence-electron chi connectivity index (χ4n) is 2.21. The van der Waals surface area contributed by atoms with Gasteiger partial charge in [-0.15, -0.1) is 0 Å². The molecule has 0 bridgehead atoms. The molecule has 2 rings (SSSR count). The van der Waals surface area contributed by atoms with Gasteiger partial charge >= 0.3 is 11.8 Å². The van der Waals surface area contributed by atoms with Crippen molar-refractivity contribution < 1.29 is 24.0 Å². The summed E-state index contributed by atoms with van der Waals surface area (Å²) in [7, 11) is 0. The average Bonchev–Trinajstić information content (AvgIpc) is 2.43. The molecule has 114 valence electrons. The van der Waals surface area contributed by atoms with Gasteiger partial charge in [0.15, 0.2) is 6.61 Å². The molecular formula is C13H19N4O4+. The Hall–Kier alpha value is -2.22. The number of hydrogen-bond donors (Lipinski definition) is 1. The maximum atomic E-state index is 12.0. The van der Waals surface area contributed by atoms with Crippen LogP contribution in [0.25, 0.3) is 0 Å². The van der Waals surface area contributed by atoms with E-state index in [-0.39, 0.29) is 36.2 Å². The van der Waals surface area contributed by atoms with Crippen LogP contribution in [0.1, 0.15) is 24.3 Å². The Morgan fingerprint density at radius 2 is 2.14 bits per heavy atom. The van der Waals surface area contributed by atoms with Crippen molar-refractivity contribution in [1.82, 2.24) is 9.88 Å². The van der Waals surface area contributed by atoms with Gasteiger partial charge in [0.25, 0.3) is 5.91 Å². The van der Waals surface area contributed by atoms with Crippen molar-refractivity contribution in [2.24, 2.45) is 0 Å². The van der Waals surface area contributed by atoms with Crippen LogP contribution < -0.4 is 10.7 Å². The van der Waals surface area contributed by atoms with Crippen molar-refractivity contribution >= 4 is 17.7 Å². The van der Waals surface area contributed by atoms with Gasteiger partial charge in [0.2, 0.25) is 5.69 Å². The number of rotatable bonds is 3. The minimum Gasteiger partial charge on any atom is -0.451 e. The van der Waals surface area contributed by atoms with Gasteiger partial charge in [0.05, 0.1) is 18.4 Å². The molecule has 1 aromatic rings. The van der Waals surface area contributed by atoms with E-state index in [1.807, 2.05) is 13.8 Å². The fraction of sp³-hybridized carbons (Fsp3) is 0.538. The third kappa shape index (κ3) is 3.88. The van der Waals surface area contributed by atoms with E-state index in [1.54, 1.807) is 4.90 Å². The number of carbonyl (C=O) groups excluding carboxylic acids is 2. The first kappa shape index (κ1) is 15.2. The van der Waals surface area contributed by atoms with Crippen LogP contribution in [-0.4, -0.2) is 53.7 Å². The lowest BCUT2D eigenvalue weighted by Gasteiger charge is -2.35. The minimum absolute atomic E-state index is 0.0329. The molecule has 0 aliphatic carbocycles. The maximum absolute atomic E-state index is 12.0. The first-order chi connectivity index (χ1) is 9.97. The second-order valence-electron chi connectivity index (χ2n) is 4.98. The van der Waals surface area contributed by atoms with Crippen LogP contribution in [-0.2, 0) is 14.3 Å². The summed E-state index contributed by atoms with van der Waals surface area (Å²) in [5.41, 5.74) is 5.54. The molecule has 0 spiro atoms. The number of nitrogen functional groups attached to an aromatic ring is 1. The Balaban J connectivity index is 1.89. The van der Waals surface area contributed by atoms with Gasteiger partial charge in [-0.05, 0) is 13.8 Å². The molecule has 1 amide bonds. The summed E-state index contributed by atoms with van der Waals surface area (Å²) in [6.45, 7) is 4.42. The zero-order valence-electron chi connectivity index (χ0n) is 12.0. The fourth-order valence-corrected chi connectivity index (χ4v) is 2.21. The van der Waals surface area contributed by atoms with Crippen LogP contribution >= 0.6 is 0 Å². The van der Waals surface area contributed by atoms with E-state index in [0.717, 1.165) is 0 Å². The van der Waals surface area contributed by atoms with Gasteiger partial charge in [0, 0.05) is 13.1 Å². The second kappa shape index (κ2) is 6.49. The zero-order chi connectivity index (χ0) is 15.4. The van der Waals surface area contributed by atoms with Crippen LogP contribution in [0.2, 0.25) is 0 Å². The van der Waals surface area contributed by atoms with Gasteiger partial charge in [-0.2, -0.15) is 0 Å². The first-order valence-corrected chi connectivity index (χ1v) is 6.70. The number of esters is 1. The standard InChI is InChI=1S/C13H18N4O4/c1-8-5-17(6-9(2)21-8)10(18)7-20-13(19)11-12(14)16-4-3-15-11/h3-4,8-9H,5-7H2,1-2H3,(H2,14,16)/p+1/t8-,9-/m0/s1. The number of H-pyrrole nitrogens is 1. The van der Waals surface area contributed by atoms with E-state index in [2.05, 4.69) is 9.97 Å². The molecule has 8 heteroatoms. The highest BCUT2D eigenvalue weighted by Crippen LogP contribution is 2.11. The molecule has 0 aromatic carbocycles. The van der Waals surface area contributed by atoms with E-state index in [4.69, 9.17) is 15.2 Å². The number of carbonyl (C=O) groups is 2. The first-order valence-electron chi connectivity index (χ1n) is 6.70. The monoisotopic (exact) mass is 295 g/mol. The number of nitrogens with one attached hydrogen (secondary N) is 1. The van der Waals surface area contributed by atoms with Gasteiger partial charge in [-0.3, -0.25) is 10.5 Å². The molecule has 1 aliphatic heterocycles. The highest BCUT2D eigenvalue weighted by atomic mass is 16.5. The van der Waals surface area contributed by atoms with Crippen LogP contribution in [0.3, 0.4) is 0 Å². The van der Waals surface area contributed by atoms with E-state index in [9.17, 15) is 9.59 Å². The molecule has 0 saturated carbocycles. The number of ether oxygens (including phenoxy) is 2. The van der Waals surface area contributed by atoms with Crippen LogP contribution in [0, 0.1) is 0 Å². The second-order valence-corrected chi connectivity index (χ2v) is 4.98. The van der Waals surface area contributed by atoms with Crippen molar-refractivity contribution in [3.05, 3.63) is 18.1 Å². The molecule has 1 aromatic heterocycles. The lowest BCUT2D eigenvalue weighted by Crippen LogP contribution is -2.49. The number of anilines is 1. The third-order valence-electron chi connectivity index (χ3n) is 3.06. The molecule has 2 heterocycles. The topological polar surface area (TPSA) is 109 Å². The van der Waals surface area contributed by atoms with E-state index in [0.29, 0.717) is 13.1 Å². The highest BCUT2D eigenvalue weighted by Gasteiger charge is 2.27. The lowest BCUT2D eigenvalue weighted by atomic mass is 10.2. The molecule has 1 aliphatic rings. The summed E-state index contributed by atoms with van der Waals surface area (Å²) in [6, 6.07) is 0. The smallest absolute Gasteiger partial charge is 0.366 e. The average molecular weight is 295 g/mol. The summed E-state index contributed by atoms with van der Waals surface area (Å²) in [5, 5.41) is 0. The number of aromatic nitrogens is 2. The van der Waals surface area contributed by atoms with Gasteiger partial charge in [0.1, 0.15) is 6.20 Å². The molecule has 3 N–H and O–H groups in total. The predicted molar refractivity (Wildman–Crippen MR) is 72.1 cm³/mol. The van der Waals surface area contributed by atoms with Crippen molar-refractivity contribution in [1.29, 1.82) is 0 Å². The number of aromatic amines is 1. The normalized spacial score (nSPS) is 21.9. The summed E-state index contributed by atoms with van der Waals surface area (Å²) >= 11 is 0. The largest absolute Gasteiger partial charge is 0.451 e. The number of hydrogen-bond acceptors (Lipinski definition) is 6. The Labute approximate surface area is 122 Å². The Morgan fingerprint density at radius 1 is 1.48 bits per heavy atom. The predicted octanol–water partition coefficient (Wildman–Crippen LogP) is -0.729. The molecule has 0 unspecified atom stereocenters. The quantitative estimate of drug-likeness (QED) is 0.736. The SMILES string of the molecule is C[C@H]1CN(C(=O)COC(=O)c2ncc[nH+]c2N)C[C@H](C)O1. The van der Waals surface area contributed by atoms with Crippen molar-refractivity contribution in [2.45, 2.75) is 26.1 Å². The summed E-state index contributed by atoms with van der Waals surface area (Å²) in [6.07, 6.45) is 2.82. The molecule has 1 saturated heterocycles. The van der Waals surface area contributed by atoms with Crippen molar-refractivity contribution in [3.63, 3.8) is 0 Å². The lowest BCUT2D eigenvalue weighted by molar-refractivity contribution is -0.361. The molecule has 21 heavy (non-hydrogen) atoms. The van der Waals surface area contributed by atoms with E-state index in [1.165, 1.54) is 12.4 Å². The van der Waals surface area contributed by atoms with Crippen LogP contribution in [0.4, 0.5) is 5.82 Å². The molecule has 1 fully saturated rings. The zero-order valence-corrected chi connectivity index (χ0v) is 12.0. The number of amides is 1. The Bertz CT molecular complexity index is 527. The van der Waals surface area contributed by atoms with Crippen molar-refractivity contribution in [3.8, 4) is 0 Å². The minimum atomic E-state index is -0.730. The highest BCUT2D eigenvalue weighted by molar-refractivity contribution is 5.92. The molecule has 8 nitrogen and oxygen atoms in total. The number of nitrogens with two attached hydrogens (primary N) is 1. The van der Waals surface area contributed by atoms with E-state index < -0.39 is 5.97 Å². The number of nitrogens with zero attached hydrogens (tertiary/aromatic N) is 2. The van der Waals surface area contributed by atoms with Crippen LogP contribution in [0.5, 0.6) is 0 Å². The Kier molecular flexibility index (Phi) is 4.69. The number of morpholine rings is 1. The maximum Gasteiger partial charge on any atom is 0.366 e. The van der Waals surface area contributed by atoms with Crippen LogP contribution in [0.15, 0.2) is 12.4 Å².